The molecule has 2 atom stereocenters. The Morgan fingerprint density at radius 2 is 2.32 bits per heavy atom. The molecule has 0 saturated carbocycles. The summed E-state index contributed by atoms with van der Waals surface area (Å²) in [6.45, 7) is 4.38. The zero-order valence-electron chi connectivity index (χ0n) is 11.3. The van der Waals surface area contributed by atoms with Crippen LogP contribution < -0.4 is 10.1 Å². The van der Waals surface area contributed by atoms with E-state index in [1.54, 1.807) is 0 Å². The van der Waals surface area contributed by atoms with Gasteiger partial charge in [-0.3, -0.25) is 4.98 Å². The molecule has 2 unspecified atom stereocenters. The highest BCUT2D eigenvalue weighted by atomic mass is 16.5. The summed E-state index contributed by atoms with van der Waals surface area (Å²) in [5.41, 5.74) is 1.02. The van der Waals surface area contributed by atoms with Crippen molar-refractivity contribution in [3.63, 3.8) is 0 Å². The average molecular weight is 256 g/mol. The zero-order chi connectivity index (χ0) is 13.1. The Bertz CT molecular complexity index is 549. The standard InChI is InChI=1S/C16H20N2O/c1-12(14-5-2-8-17-11-14)19-15-6-7-16-13(10-15)4-3-9-18-16/h3-4,6-7,9-10,12,14,17H,2,5,8,11H2,1H3. The molecule has 1 N–H and O–H groups in total. The second-order valence-corrected chi connectivity index (χ2v) is 5.29. The smallest absolute Gasteiger partial charge is 0.120 e. The van der Waals surface area contributed by atoms with Crippen molar-refractivity contribution in [1.82, 2.24) is 10.3 Å². The van der Waals surface area contributed by atoms with Crippen LogP contribution >= 0.6 is 0 Å². The van der Waals surface area contributed by atoms with E-state index in [4.69, 9.17) is 4.74 Å². The van der Waals surface area contributed by atoms with E-state index in [0.717, 1.165) is 29.7 Å². The van der Waals surface area contributed by atoms with Gasteiger partial charge in [0.1, 0.15) is 5.75 Å². The molecule has 1 saturated heterocycles. The van der Waals surface area contributed by atoms with Crippen molar-refractivity contribution in [1.29, 1.82) is 0 Å². The van der Waals surface area contributed by atoms with E-state index >= 15 is 0 Å². The van der Waals surface area contributed by atoms with E-state index in [-0.39, 0.29) is 6.10 Å². The molecule has 0 bridgehead atoms. The molecule has 3 nitrogen and oxygen atoms in total. The lowest BCUT2D eigenvalue weighted by Crippen LogP contribution is -2.37. The Labute approximate surface area is 114 Å². The van der Waals surface area contributed by atoms with E-state index in [1.807, 2.05) is 24.4 Å². The van der Waals surface area contributed by atoms with Crippen molar-refractivity contribution < 1.29 is 4.74 Å². The molecule has 3 heteroatoms. The lowest BCUT2D eigenvalue weighted by molar-refractivity contribution is 0.131. The summed E-state index contributed by atoms with van der Waals surface area (Å²) in [6.07, 6.45) is 4.57. The number of pyridine rings is 1. The third-order valence-electron chi connectivity index (χ3n) is 3.90. The molecular formula is C16H20N2O. The molecular weight excluding hydrogens is 236 g/mol. The number of ether oxygens (including phenoxy) is 1. The summed E-state index contributed by atoms with van der Waals surface area (Å²) >= 11 is 0. The van der Waals surface area contributed by atoms with Crippen molar-refractivity contribution >= 4 is 10.9 Å². The summed E-state index contributed by atoms with van der Waals surface area (Å²) in [6, 6.07) is 10.1. The second-order valence-electron chi connectivity index (χ2n) is 5.29. The third kappa shape index (κ3) is 2.87. The first kappa shape index (κ1) is 12.4. The minimum Gasteiger partial charge on any atom is -0.490 e. The number of benzene rings is 1. The number of rotatable bonds is 3. The van der Waals surface area contributed by atoms with Gasteiger partial charge in [-0.25, -0.2) is 0 Å². The van der Waals surface area contributed by atoms with Gasteiger partial charge in [-0.2, -0.15) is 0 Å². The maximum Gasteiger partial charge on any atom is 0.120 e. The first-order valence-corrected chi connectivity index (χ1v) is 7.05. The quantitative estimate of drug-likeness (QED) is 0.916. The van der Waals surface area contributed by atoms with Gasteiger partial charge in [-0.1, -0.05) is 6.07 Å². The van der Waals surface area contributed by atoms with Crippen LogP contribution in [0.2, 0.25) is 0 Å². The summed E-state index contributed by atoms with van der Waals surface area (Å²) in [5.74, 6) is 1.55. The van der Waals surface area contributed by atoms with Crippen LogP contribution in [0.4, 0.5) is 0 Å². The average Bonchev–Trinajstić information content (AvgIpc) is 2.48. The molecule has 19 heavy (non-hydrogen) atoms. The highest BCUT2D eigenvalue weighted by Gasteiger charge is 2.21. The van der Waals surface area contributed by atoms with Crippen LogP contribution in [0.5, 0.6) is 5.75 Å². The number of fused-ring (bicyclic) bond motifs is 1. The van der Waals surface area contributed by atoms with Gasteiger partial charge in [-0.05, 0) is 50.6 Å². The topological polar surface area (TPSA) is 34.1 Å². The lowest BCUT2D eigenvalue weighted by atomic mass is 9.94. The fourth-order valence-corrected chi connectivity index (χ4v) is 2.72. The highest BCUT2D eigenvalue weighted by Crippen LogP contribution is 2.23. The monoisotopic (exact) mass is 256 g/mol. The normalized spacial score (nSPS) is 21.2. The first-order chi connectivity index (χ1) is 9.33. The maximum atomic E-state index is 6.09. The van der Waals surface area contributed by atoms with Crippen LogP contribution in [0, 0.1) is 5.92 Å². The van der Waals surface area contributed by atoms with Gasteiger partial charge in [0.2, 0.25) is 0 Å². The SMILES string of the molecule is CC(Oc1ccc2ncccc2c1)C1CCCNC1. The molecule has 0 radical (unpaired) electrons. The van der Waals surface area contributed by atoms with Crippen LogP contribution in [-0.4, -0.2) is 24.2 Å². The Kier molecular flexibility index (Phi) is 3.65. The number of hydrogen-bond acceptors (Lipinski definition) is 3. The minimum absolute atomic E-state index is 0.252. The molecule has 0 amide bonds. The number of aromatic nitrogens is 1. The van der Waals surface area contributed by atoms with Gasteiger partial charge in [0.15, 0.2) is 0 Å². The van der Waals surface area contributed by atoms with E-state index in [0.29, 0.717) is 5.92 Å². The van der Waals surface area contributed by atoms with Gasteiger partial charge in [0.05, 0.1) is 11.6 Å². The number of hydrogen-bond donors (Lipinski definition) is 1. The van der Waals surface area contributed by atoms with Crippen molar-refractivity contribution in [2.75, 3.05) is 13.1 Å². The van der Waals surface area contributed by atoms with E-state index in [1.165, 1.54) is 12.8 Å². The van der Waals surface area contributed by atoms with Crippen LogP contribution in [0.25, 0.3) is 10.9 Å². The third-order valence-corrected chi connectivity index (χ3v) is 3.90. The Hall–Kier alpha value is -1.61. The van der Waals surface area contributed by atoms with Gasteiger partial charge in [0.25, 0.3) is 0 Å². The summed E-state index contributed by atoms with van der Waals surface area (Å²) in [5, 5.41) is 4.57. The van der Waals surface area contributed by atoms with E-state index in [9.17, 15) is 0 Å². The molecule has 1 aliphatic heterocycles. The van der Waals surface area contributed by atoms with Gasteiger partial charge < -0.3 is 10.1 Å². The van der Waals surface area contributed by atoms with Gasteiger partial charge >= 0.3 is 0 Å². The molecule has 2 heterocycles. The van der Waals surface area contributed by atoms with Gasteiger partial charge in [0, 0.05) is 24.0 Å². The predicted molar refractivity (Wildman–Crippen MR) is 77.4 cm³/mol. The van der Waals surface area contributed by atoms with Crippen molar-refractivity contribution in [2.24, 2.45) is 5.92 Å². The van der Waals surface area contributed by atoms with E-state index < -0.39 is 0 Å². The molecule has 1 aromatic carbocycles. The fraction of sp³-hybridized carbons (Fsp3) is 0.438. The van der Waals surface area contributed by atoms with Crippen LogP contribution in [-0.2, 0) is 0 Å². The minimum atomic E-state index is 0.252. The Balaban J connectivity index is 1.73. The maximum absolute atomic E-state index is 6.09. The molecule has 0 aliphatic carbocycles. The largest absolute Gasteiger partial charge is 0.490 e. The molecule has 0 spiro atoms. The first-order valence-electron chi connectivity index (χ1n) is 7.05. The molecule has 2 aromatic rings. The zero-order valence-corrected chi connectivity index (χ0v) is 11.3. The van der Waals surface area contributed by atoms with Crippen molar-refractivity contribution in [3.8, 4) is 5.75 Å². The van der Waals surface area contributed by atoms with Crippen LogP contribution in [0.15, 0.2) is 36.5 Å². The van der Waals surface area contributed by atoms with E-state index in [2.05, 4.69) is 29.4 Å². The number of nitrogens with zero attached hydrogens (tertiary/aromatic N) is 1. The predicted octanol–water partition coefficient (Wildman–Crippen LogP) is 3.00. The summed E-state index contributed by atoms with van der Waals surface area (Å²) in [7, 11) is 0. The molecule has 3 rings (SSSR count). The highest BCUT2D eigenvalue weighted by molar-refractivity contribution is 5.79. The van der Waals surface area contributed by atoms with Crippen molar-refractivity contribution in [2.45, 2.75) is 25.9 Å². The Morgan fingerprint density at radius 3 is 3.16 bits per heavy atom. The van der Waals surface area contributed by atoms with Crippen molar-refractivity contribution in [3.05, 3.63) is 36.5 Å². The fourth-order valence-electron chi connectivity index (χ4n) is 2.72. The summed E-state index contributed by atoms with van der Waals surface area (Å²) in [4.78, 5) is 4.33. The number of nitrogens with one attached hydrogen (secondary N) is 1. The second kappa shape index (κ2) is 5.57. The van der Waals surface area contributed by atoms with Crippen LogP contribution in [0.1, 0.15) is 19.8 Å². The molecule has 1 aliphatic rings. The molecule has 1 fully saturated rings. The summed E-state index contributed by atoms with van der Waals surface area (Å²) < 4.78 is 6.09. The lowest BCUT2D eigenvalue weighted by Gasteiger charge is -2.28. The number of piperidine rings is 1. The molecule has 1 aromatic heterocycles. The van der Waals surface area contributed by atoms with Crippen LogP contribution in [0.3, 0.4) is 0 Å². The Morgan fingerprint density at radius 1 is 1.37 bits per heavy atom. The van der Waals surface area contributed by atoms with Gasteiger partial charge in [-0.15, -0.1) is 0 Å². The molecule has 100 valence electrons.